The smallest absolute Gasteiger partial charge is 0.420 e. The number of aromatic carboxylic acids is 1. The van der Waals surface area contributed by atoms with Crippen LogP contribution in [0.1, 0.15) is 10.6 Å². The van der Waals surface area contributed by atoms with Crippen molar-refractivity contribution in [3.8, 4) is 0 Å². The number of imidazole rings is 1. The van der Waals surface area contributed by atoms with Gasteiger partial charge in [-0.05, 0) is 0 Å². The first-order valence-corrected chi connectivity index (χ1v) is 4.19. The van der Waals surface area contributed by atoms with E-state index in [9.17, 15) is 4.79 Å². The van der Waals surface area contributed by atoms with Gasteiger partial charge >= 0.3 is 11.8 Å². The second-order valence-electron chi connectivity index (χ2n) is 2.05. The van der Waals surface area contributed by atoms with E-state index in [1.807, 2.05) is 6.26 Å². The number of rotatable bonds is 2. The van der Waals surface area contributed by atoms with E-state index in [-0.39, 0.29) is 5.82 Å². The van der Waals surface area contributed by atoms with Crippen LogP contribution < -0.4 is 4.57 Å². The highest BCUT2D eigenvalue weighted by Gasteiger charge is 2.21. The van der Waals surface area contributed by atoms with Crippen LogP contribution in [0.25, 0.3) is 0 Å². The Balaban J connectivity index is 3.17. The average Bonchev–Trinajstić information content (AvgIpc) is 2.30. The minimum absolute atomic E-state index is 0.275. The van der Waals surface area contributed by atoms with Crippen molar-refractivity contribution in [2.24, 2.45) is 7.05 Å². The van der Waals surface area contributed by atoms with Crippen LogP contribution in [0, 0.1) is 0 Å². The van der Waals surface area contributed by atoms with Gasteiger partial charge in [0.2, 0.25) is 0 Å². The molecule has 0 radical (unpaired) electrons. The van der Waals surface area contributed by atoms with Crippen LogP contribution in [0.4, 0.5) is 0 Å². The summed E-state index contributed by atoms with van der Waals surface area (Å²) in [5, 5.41) is 8.71. The van der Waals surface area contributed by atoms with Crippen molar-refractivity contribution in [3.05, 3.63) is 18.2 Å². The molecule has 0 aliphatic rings. The molecule has 1 heterocycles. The Hall–Kier alpha value is -0.970. The highest BCUT2D eigenvalue weighted by molar-refractivity contribution is 7.97. The van der Waals surface area contributed by atoms with Gasteiger partial charge < -0.3 is 5.11 Å². The maximum absolute atomic E-state index is 10.6. The second kappa shape index (κ2) is 2.96. The highest BCUT2D eigenvalue weighted by Crippen LogP contribution is 2.03. The van der Waals surface area contributed by atoms with E-state index in [1.54, 1.807) is 28.0 Å². The molecule has 4 nitrogen and oxygen atoms in total. The summed E-state index contributed by atoms with van der Waals surface area (Å²) in [6, 6.07) is 0. The third kappa shape index (κ3) is 1.37. The van der Waals surface area contributed by atoms with Crippen LogP contribution in [0.5, 0.6) is 0 Å². The molecule has 0 aromatic carbocycles. The number of carboxylic acids is 1. The SMILES string of the molecule is CSn1cc[n+](C)c1C(=O)O. The number of carbonyl (C=O) groups is 1. The Morgan fingerprint density at radius 2 is 2.45 bits per heavy atom. The molecule has 0 saturated carbocycles. The minimum Gasteiger partial charge on any atom is -0.472 e. The fraction of sp³-hybridized carbons (Fsp3) is 0.333. The third-order valence-corrected chi connectivity index (χ3v) is 2.04. The van der Waals surface area contributed by atoms with E-state index in [2.05, 4.69) is 0 Å². The first-order chi connectivity index (χ1) is 5.16. The van der Waals surface area contributed by atoms with Gasteiger partial charge in [-0.3, -0.25) is 0 Å². The molecule has 1 rings (SSSR count). The fourth-order valence-electron chi connectivity index (χ4n) is 0.850. The van der Waals surface area contributed by atoms with Crippen LogP contribution in [-0.4, -0.2) is 21.3 Å². The van der Waals surface area contributed by atoms with Crippen molar-refractivity contribution in [1.82, 2.24) is 3.97 Å². The first-order valence-electron chi connectivity index (χ1n) is 3.01. The summed E-state index contributed by atoms with van der Waals surface area (Å²) in [5.41, 5.74) is 0. The highest BCUT2D eigenvalue weighted by atomic mass is 32.2. The van der Waals surface area contributed by atoms with Crippen molar-refractivity contribution in [2.75, 3.05) is 6.26 Å². The molecule has 0 atom stereocenters. The van der Waals surface area contributed by atoms with Crippen molar-refractivity contribution < 1.29 is 14.5 Å². The van der Waals surface area contributed by atoms with Gasteiger partial charge in [0, 0.05) is 6.26 Å². The number of hydrogen-bond acceptors (Lipinski definition) is 2. The molecule has 0 spiro atoms. The van der Waals surface area contributed by atoms with Gasteiger partial charge in [-0.15, -0.1) is 0 Å². The Bertz CT molecular complexity index is 282. The van der Waals surface area contributed by atoms with Crippen LogP contribution in [0.15, 0.2) is 12.4 Å². The summed E-state index contributed by atoms with van der Waals surface area (Å²) in [7, 11) is 1.70. The van der Waals surface area contributed by atoms with E-state index in [4.69, 9.17) is 5.11 Å². The van der Waals surface area contributed by atoms with Gasteiger partial charge in [0.25, 0.3) is 0 Å². The van der Waals surface area contributed by atoms with Gasteiger partial charge in [-0.2, -0.15) is 3.97 Å². The molecule has 5 heteroatoms. The number of nitrogens with zero attached hydrogens (tertiary/aromatic N) is 2. The van der Waals surface area contributed by atoms with Gasteiger partial charge in [0.15, 0.2) is 0 Å². The average molecular weight is 173 g/mol. The lowest BCUT2D eigenvalue weighted by molar-refractivity contribution is -0.672. The molecular formula is C6H9N2O2S+. The molecule has 60 valence electrons. The summed E-state index contributed by atoms with van der Waals surface area (Å²) >= 11 is 1.36. The van der Waals surface area contributed by atoms with E-state index in [1.165, 1.54) is 11.9 Å². The van der Waals surface area contributed by atoms with Gasteiger partial charge in [0.05, 0.1) is 19.0 Å². The molecule has 0 fully saturated rings. The van der Waals surface area contributed by atoms with Crippen LogP contribution >= 0.6 is 11.9 Å². The predicted octanol–water partition coefficient (Wildman–Crippen LogP) is 0.137. The Kier molecular flexibility index (Phi) is 2.19. The predicted molar refractivity (Wildman–Crippen MR) is 41.5 cm³/mol. The normalized spacial score (nSPS) is 10.0. The zero-order valence-corrected chi connectivity index (χ0v) is 7.13. The summed E-state index contributed by atoms with van der Waals surface area (Å²) in [5.74, 6) is -0.635. The Labute approximate surface area is 68.6 Å². The van der Waals surface area contributed by atoms with Crippen molar-refractivity contribution in [1.29, 1.82) is 0 Å². The first kappa shape index (κ1) is 8.13. The summed E-state index contributed by atoms with van der Waals surface area (Å²) in [6.45, 7) is 0. The molecule has 0 aliphatic heterocycles. The van der Waals surface area contributed by atoms with Crippen LogP contribution in [0.2, 0.25) is 0 Å². The van der Waals surface area contributed by atoms with Gasteiger partial charge in [-0.25, -0.2) is 9.36 Å². The minimum atomic E-state index is -0.910. The summed E-state index contributed by atoms with van der Waals surface area (Å²) in [6.07, 6.45) is 5.25. The van der Waals surface area contributed by atoms with Crippen molar-refractivity contribution >= 4 is 17.9 Å². The second-order valence-corrected chi connectivity index (χ2v) is 2.80. The van der Waals surface area contributed by atoms with E-state index < -0.39 is 5.97 Å². The summed E-state index contributed by atoms with van der Waals surface area (Å²) < 4.78 is 3.17. The summed E-state index contributed by atoms with van der Waals surface area (Å²) in [4.78, 5) is 10.6. The molecular weight excluding hydrogens is 164 g/mol. The maximum atomic E-state index is 10.6. The van der Waals surface area contributed by atoms with Crippen molar-refractivity contribution in [2.45, 2.75) is 0 Å². The van der Waals surface area contributed by atoms with E-state index in [0.717, 1.165) is 0 Å². The molecule has 1 aromatic heterocycles. The number of aromatic nitrogens is 2. The molecule has 0 saturated heterocycles. The monoisotopic (exact) mass is 173 g/mol. The van der Waals surface area contributed by atoms with Crippen molar-refractivity contribution in [3.63, 3.8) is 0 Å². The lowest BCUT2D eigenvalue weighted by Crippen LogP contribution is -2.34. The third-order valence-electron chi connectivity index (χ3n) is 1.36. The maximum Gasteiger partial charge on any atom is 0.420 e. The molecule has 11 heavy (non-hydrogen) atoms. The molecule has 0 aliphatic carbocycles. The standard InChI is InChI=1S/C6H8N2O2S/c1-7-3-4-8(11-2)5(7)6(9)10/h3-4H,1-2H3/p+1. The zero-order valence-electron chi connectivity index (χ0n) is 6.31. The van der Waals surface area contributed by atoms with E-state index >= 15 is 0 Å². The largest absolute Gasteiger partial charge is 0.472 e. The van der Waals surface area contributed by atoms with Crippen LogP contribution in [0.3, 0.4) is 0 Å². The Morgan fingerprint density at radius 1 is 1.82 bits per heavy atom. The molecule has 0 bridgehead atoms. The molecule has 0 unspecified atom stereocenters. The number of hydrogen-bond donors (Lipinski definition) is 1. The number of carboxylic acid groups (broad SMARTS) is 1. The molecule has 0 amide bonds. The van der Waals surface area contributed by atoms with Gasteiger partial charge in [-0.1, -0.05) is 0 Å². The fourth-order valence-corrected chi connectivity index (χ4v) is 1.41. The Morgan fingerprint density at radius 3 is 2.82 bits per heavy atom. The topological polar surface area (TPSA) is 46.1 Å². The quantitative estimate of drug-likeness (QED) is 0.647. The van der Waals surface area contributed by atoms with Crippen LogP contribution in [-0.2, 0) is 7.05 Å². The lowest BCUT2D eigenvalue weighted by atomic mass is 10.6. The van der Waals surface area contributed by atoms with Gasteiger partial charge in [0.1, 0.15) is 12.4 Å². The molecule has 1 aromatic rings. The van der Waals surface area contributed by atoms with E-state index in [0.29, 0.717) is 0 Å². The molecule has 1 N–H and O–H groups in total. The zero-order chi connectivity index (χ0) is 8.43. The number of aryl methyl sites for hydroxylation is 1. The lowest BCUT2D eigenvalue weighted by Gasteiger charge is -1.90.